The molecule has 94 valence electrons. The summed E-state index contributed by atoms with van der Waals surface area (Å²) in [6.07, 6.45) is 0.105. The number of para-hydroxylation sites is 1. The van der Waals surface area contributed by atoms with Gasteiger partial charge in [0, 0.05) is 12.1 Å². The van der Waals surface area contributed by atoms with Gasteiger partial charge < -0.3 is 15.2 Å². The van der Waals surface area contributed by atoms with Gasteiger partial charge in [0.05, 0.1) is 6.10 Å². The zero-order valence-electron chi connectivity index (χ0n) is 10.4. The van der Waals surface area contributed by atoms with E-state index in [2.05, 4.69) is 5.32 Å². The Morgan fingerprint density at radius 1 is 1.35 bits per heavy atom. The summed E-state index contributed by atoms with van der Waals surface area (Å²) < 4.78 is 5.65. The smallest absolute Gasteiger partial charge is 0.320 e. The first-order valence-electron chi connectivity index (χ1n) is 5.71. The van der Waals surface area contributed by atoms with Gasteiger partial charge in [-0.15, -0.1) is 0 Å². The van der Waals surface area contributed by atoms with Crippen LogP contribution in [0.5, 0.6) is 5.75 Å². The minimum atomic E-state index is -0.854. The number of ether oxygens (including phenoxy) is 1. The first-order valence-corrected chi connectivity index (χ1v) is 5.71. The number of nitrogens with one attached hydrogen (secondary N) is 1. The van der Waals surface area contributed by atoms with Gasteiger partial charge >= 0.3 is 5.97 Å². The van der Waals surface area contributed by atoms with Crippen molar-refractivity contribution >= 4 is 5.97 Å². The Bertz CT molecular complexity index is 377. The van der Waals surface area contributed by atoms with Crippen LogP contribution >= 0.6 is 0 Å². The van der Waals surface area contributed by atoms with Crippen molar-refractivity contribution in [1.29, 1.82) is 0 Å². The zero-order valence-corrected chi connectivity index (χ0v) is 10.4. The van der Waals surface area contributed by atoms with Gasteiger partial charge in [-0.25, -0.2) is 0 Å². The molecule has 0 bridgehead atoms. The van der Waals surface area contributed by atoms with Crippen molar-refractivity contribution in [3.05, 3.63) is 29.8 Å². The summed E-state index contributed by atoms with van der Waals surface area (Å²) in [5.41, 5.74) is 0.967. The molecule has 0 saturated carbocycles. The summed E-state index contributed by atoms with van der Waals surface area (Å²) in [5.74, 6) is -0.0557. The van der Waals surface area contributed by atoms with Gasteiger partial charge in [0.2, 0.25) is 0 Å². The maximum Gasteiger partial charge on any atom is 0.320 e. The standard InChI is InChI=1S/C13H19NO3/c1-9(2)17-12-7-5-4-6-11(12)8-14-10(3)13(15)16/h4-7,9-10,14H,8H2,1-3H3,(H,15,16). The molecule has 2 N–H and O–H groups in total. The molecule has 17 heavy (non-hydrogen) atoms. The zero-order chi connectivity index (χ0) is 12.8. The van der Waals surface area contributed by atoms with Crippen molar-refractivity contribution in [1.82, 2.24) is 5.32 Å². The Morgan fingerprint density at radius 2 is 2.00 bits per heavy atom. The maximum absolute atomic E-state index is 10.7. The number of rotatable bonds is 6. The van der Waals surface area contributed by atoms with Crippen molar-refractivity contribution < 1.29 is 14.6 Å². The van der Waals surface area contributed by atoms with Crippen LogP contribution in [-0.2, 0) is 11.3 Å². The Labute approximate surface area is 102 Å². The van der Waals surface area contributed by atoms with E-state index in [9.17, 15) is 4.79 Å². The number of carboxylic acids is 1. The highest BCUT2D eigenvalue weighted by Crippen LogP contribution is 2.19. The lowest BCUT2D eigenvalue weighted by molar-refractivity contribution is -0.139. The molecule has 0 spiro atoms. The maximum atomic E-state index is 10.7. The number of hydrogen-bond acceptors (Lipinski definition) is 3. The van der Waals surface area contributed by atoms with Crippen LogP contribution in [0.15, 0.2) is 24.3 Å². The van der Waals surface area contributed by atoms with E-state index in [1.807, 2.05) is 38.1 Å². The minimum Gasteiger partial charge on any atom is -0.491 e. The Balaban J connectivity index is 2.66. The molecule has 4 nitrogen and oxygen atoms in total. The summed E-state index contributed by atoms with van der Waals surface area (Å²) in [6, 6.07) is 7.07. The molecular formula is C13H19NO3. The lowest BCUT2D eigenvalue weighted by Crippen LogP contribution is -2.33. The molecule has 0 fully saturated rings. The Kier molecular flexibility index (Phi) is 4.97. The van der Waals surface area contributed by atoms with Gasteiger partial charge in [0.1, 0.15) is 11.8 Å². The fourth-order valence-corrected chi connectivity index (χ4v) is 1.37. The van der Waals surface area contributed by atoms with Crippen LogP contribution in [0.25, 0.3) is 0 Å². The highest BCUT2D eigenvalue weighted by Gasteiger charge is 2.11. The SMILES string of the molecule is CC(C)Oc1ccccc1CNC(C)C(=O)O. The quantitative estimate of drug-likeness (QED) is 0.795. The number of benzene rings is 1. The molecule has 4 heteroatoms. The number of aliphatic carboxylic acids is 1. The highest BCUT2D eigenvalue weighted by molar-refractivity contribution is 5.72. The van der Waals surface area contributed by atoms with E-state index >= 15 is 0 Å². The molecule has 0 heterocycles. The van der Waals surface area contributed by atoms with E-state index < -0.39 is 12.0 Å². The summed E-state index contributed by atoms with van der Waals surface area (Å²) in [4.78, 5) is 10.7. The Hall–Kier alpha value is -1.55. The molecule has 0 aliphatic carbocycles. The summed E-state index contributed by atoms with van der Waals surface area (Å²) in [5, 5.41) is 11.7. The van der Waals surface area contributed by atoms with Crippen LogP contribution in [-0.4, -0.2) is 23.2 Å². The number of hydrogen-bond donors (Lipinski definition) is 2. The lowest BCUT2D eigenvalue weighted by Gasteiger charge is -2.15. The minimum absolute atomic E-state index is 0.105. The van der Waals surface area contributed by atoms with Gasteiger partial charge in [-0.3, -0.25) is 4.79 Å². The molecule has 1 atom stereocenters. The second kappa shape index (κ2) is 6.25. The van der Waals surface area contributed by atoms with E-state index in [4.69, 9.17) is 9.84 Å². The van der Waals surface area contributed by atoms with Crippen LogP contribution in [0.3, 0.4) is 0 Å². The molecule has 0 saturated heterocycles. The van der Waals surface area contributed by atoms with Crippen LogP contribution in [0.4, 0.5) is 0 Å². The normalized spacial score (nSPS) is 12.5. The predicted octanol–water partition coefficient (Wildman–Crippen LogP) is 2.04. The van der Waals surface area contributed by atoms with Gasteiger partial charge in [-0.2, -0.15) is 0 Å². The molecule has 1 unspecified atom stereocenters. The number of carbonyl (C=O) groups is 1. The van der Waals surface area contributed by atoms with E-state index in [0.29, 0.717) is 6.54 Å². The van der Waals surface area contributed by atoms with Crippen molar-refractivity contribution in [2.75, 3.05) is 0 Å². The van der Waals surface area contributed by atoms with E-state index in [1.165, 1.54) is 0 Å². The van der Waals surface area contributed by atoms with Gasteiger partial charge in [0.15, 0.2) is 0 Å². The molecular weight excluding hydrogens is 218 g/mol. The van der Waals surface area contributed by atoms with E-state index in [0.717, 1.165) is 11.3 Å². The fourth-order valence-electron chi connectivity index (χ4n) is 1.37. The Morgan fingerprint density at radius 3 is 2.59 bits per heavy atom. The molecule has 0 aliphatic rings. The third-order valence-corrected chi connectivity index (χ3v) is 2.30. The van der Waals surface area contributed by atoms with Crippen LogP contribution in [0.1, 0.15) is 26.3 Å². The van der Waals surface area contributed by atoms with E-state index in [-0.39, 0.29) is 6.10 Å². The topological polar surface area (TPSA) is 58.6 Å². The average Bonchev–Trinajstić information content (AvgIpc) is 2.26. The van der Waals surface area contributed by atoms with Gasteiger partial charge in [-0.1, -0.05) is 18.2 Å². The molecule has 1 aromatic carbocycles. The monoisotopic (exact) mass is 237 g/mol. The summed E-state index contributed by atoms with van der Waals surface area (Å²) in [6.45, 7) is 6.03. The first-order chi connectivity index (χ1) is 8.00. The first kappa shape index (κ1) is 13.5. The second-order valence-electron chi connectivity index (χ2n) is 4.22. The van der Waals surface area contributed by atoms with Gasteiger partial charge in [-0.05, 0) is 26.8 Å². The van der Waals surface area contributed by atoms with Gasteiger partial charge in [0.25, 0.3) is 0 Å². The second-order valence-corrected chi connectivity index (χ2v) is 4.22. The summed E-state index contributed by atoms with van der Waals surface area (Å²) in [7, 11) is 0. The molecule has 0 aromatic heterocycles. The van der Waals surface area contributed by atoms with Crippen molar-refractivity contribution in [3.8, 4) is 5.75 Å². The summed E-state index contributed by atoms with van der Waals surface area (Å²) >= 11 is 0. The van der Waals surface area contributed by atoms with Crippen molar-refractivity contribution in [3.63, 3.8) is 0 Å². The van der Waals surface area contributed by atoms with Crippen LogP contribution in [0, 0.1) is 0 Å². The van der Waals surface area contributed by atoms with Crippen molar-refractivity contribution in [2.45, 2.75) is 39.5 Å². The number of carboxylic acid groups (broad SMARTS) is 1. The molecule has 1 rings (SSSR count). The van der Waals surface area contributed by atoms with E-state index in [1.54, 1.807) is 6.92 Å². The largest absolute Gasteiger partial charge is 0.491 e. The molecule has 0 radical (unpaired) electrons. The van der Waals surface area contributed by atoms with Crippen LogP contribution < -0.4 is 10.1 Å². The third-order valence-electron chi connectivity index (χ3n) is 2.30. The molecule has 1 aromatic rings. The predicted molar refractivity (Wildman–Crippen MR) is 66.1 cm³/mol. The van der Waals surface area contributed by atoms with Crippen molar-refractivity contribution in [2.24, 2.45) is 0 Å². The van der Waals surface area contributed by atoms with Crippen LogP contribution in [0.2, 0.25) is 0 Å². The molecule has 0 aliphatic heterocycles. The fraction of sp³-hybridized carbons (Fsp3) is 0.462. The lowest BCUT2D eigenvalue weighted by atomic mass is 10.2. The molecule has 0 amide bonds. The average molecular weight is 237 g/mol. The highest BCUT2D eigenvalue weighted by atomic mass is 16.5. The third kappa shape index (κ3) is 4.44.